The molecule has 2 heterocycles. The topological polar surface area (TPSA) is 73.1 Å². The average Bonchev–Trinajstić information content (AvgIpc) is 3.15. The van der Waals surface area contributed by atoms with Gasteiger partial charge in [0.05, 0.1) is 10.5 Å². The number of ether oxygens (including phenoxy) is 1. The van der Waals surface area contributed by atoms with Crippen molar-refractivity contribution in [3.63, 3.8) is 0 Å². The summed E-state index contributed by atoms with van der Waals surface area (Å²) in [4.78, 5) is 8.57. The molecule has 2 aromatic heterocycles. The van der Waals surface area contributed by atoms with Gasteiger partial charge >= 0.3 is 0 Å². The number of benzene rings is 2. The fourth-order valence-electron chi connectivity index (χ4n) is 2.54. The summed E-state index contributed by atoms with van der Waals surface area (Å²) in [5.74, 6) is 1.31. The highest BCUT2D eigenvalue weighted by atomic mass is 35.5. The van der Waals surface area contributed by atoms with Crippen LogP contribution in [0.25, 0.3) is 10.9 Å². The minimum atomic E-state index is 0.492. The van der Waals surface area contributed by atoms with Crippen LogP contribution >= 0.6 is 22.9 Å². The van der Waals surface area contributed by atoms with Gasteiger partial charge in [0.25, 0.3) is 0 Å². The Morgan fingerprint density at radius 1 is 1.12 bits per heavy atom. The second-order valence-corrected chi connectivity index (χ2v) is 6.88. The SMILES string of the molecule is Nc1ccc2ncnc(Nc3ccc(OCc4ccsc4)c(Cl)c3)c2c1. The van der Waals surface area contributed by atoms with Gasteiger partial charge < -0.3 is 15.8 Å². The van der Waals surface area contributed by atoms with Gasteiger partial charge in [-0.05, 0) is 58.8 Å². The number of nitrogens with zero attached hydrogens (tertiary/aromatic N) is 2. The molecular weight excluding hydrogens is 368 g/mol. The van der Waals surface area contributed by atoms with Crippen molar-refractivity contribution in [3.05, 3.63) is 70.1 Å². The van der Waals surface area contributed by atoms with Crippen molar-refractivity contribution < 1.29 is 4.74 Å². The molecule has 0 unspecified atom stereocenters. The average molecular weight is 383 g/mol. The third-order valence-electron chi connectivity index (χ3n) is 3.83. The van der Waals surface area contributed by atoms with Gasteiger partial charge in [0.1, 0.15) is 24.5 Å². The fourth-order valence-corrected chi connectivity index (χ4v) is 3.43. The zero-order valence-corrected chi connectivity index (χ0v) is 15.2. The molecule has 4 rings (SSSR count). The fraction of sp³-hybridized carbons (Fsp3) is 0.0526. The van der Waals surface area contributed by atoms with Crippen LogP contribution in [0.15, 0.2) is 59.6 Å². The highest BCUT2D eigenvalue weighted by Crippen LogP contribution is 2.31. The van der Waals surface area contributed by atoms with Crippen molar-refractivity contribution in [1.82, 2.24) is 9.97 Å². The van der Waals surface area contributed by atoms with Crippen LogP contribution in [0.4, 0.5) is 17.2 Å². The van der Waals surface area contributed by atoms with E-state index in [-0.39, 0.29) is 0 Å². The molecule has 3 N–H and O–H groups in total. The molecule has 0 fully saturated rings. The van der Waals surface area contributed by atoms with E-state index < -0.39 is 0 Å². The summed E-state index contributed by atoms with van der Waals surface area (Å²) in [5.41, 5.74) is 9.29. The second-order valence-electron chi connectivity index (χ2n) is 5.69. The Bertz CT molecular complexity index is 1050. The number of aromatic nitrogens is 2. The molecule has 0 aliphatic heterocycles. The predicted octanol–water partition coefficient (Wildman–Crippen LogP) is 5.25. The van der Waals surface area contributed by atoms with Gasteiger partial charge in [0.15, 0.2) is 0 Å². The van der Waals surface area contributed by atoms with Crippen LogP contribution in [0.3, 0.4) is 0 Å². The van der Waals surface area contributed by atoms with Gasteiger partial charge in [-0.2, -0.15) is 11.3 Å². The van der Waals surface area contributed by atoms with Gasteiger partial charge in [0.2, 0.25) is 0 Å². The molecule has 7 heteroatoms. The van der Waals surface area contributed by atoms with Crippen molar-refractivity contribution in [1.29, 1.82) is 0 Å². The van der Waals surface area contributed by atoms with Crippen molar-refractivity contribution in [2.45, 2.75) is 6.61 Å². The van der Waals surface area contributed by atoms with E-state index in [2.05, 4.69) is 20.7 Å². The Hall–Kier alpha value is -2.83. The lowest BCUT2D eigenvalue weighted by atomic mass is 10.2. The second kappa shape index (κ2) is 7.19. The molecule has 26 heavy (non-hydrogen) atoms. The normalized spacial score (nSPS) is 10.8. The first kappa shape index (κ1) is 16.6. The van der Waals surface area contributed by atoms with Crippen LogP contribution in [0.5, 0.6) is 5.75 Å². The number of rotatable bonds is 5. The highest BCUT2D eigenvalue weighted by Gasteiger charge is 2.08. The number of anilines is 3. The number of thiophene rings is 1. The Balaban J connectivity index is 1.55. The van der Waals surface area contributed by atoms with E-state index in [9.17, 15) is 0 Å². The quantitative estimate of drug-likeness (QED) is 0.461. The van der Waals surface area contributed by atoms with Crippen LogP contribution in [0.2, 0.25) is 5.02 Å². The highest BCUT2D eigenvalue weighted by molar-refractivity contribution is 7.07. The molecule has 0 atom stereocenters. The number of nitrogen functional groups attached to an aromatic ring is 1. The molecule has 0 saturated heterocycles. The van der Waals surface area contributed by atoms with E-state index in [1.54, 1.807) is 11.3 Å². The monoisotopic (exact) mass is 382 g/mol. The van der Waals surface area contributed by atoms with E-state index >= 15 is 0 Å². The van der Waals surface area contributed by atoms with Gasteiger partial charge in [-0.25, -0.2) is 9.97 Å². The van der Waals surface area contributed by atoms with Gasteiger partial charge in [0, 0.05) is 16.8 Å². The molecule has 0 saturated carbocycles. The standard InChI is InChI=1S/C19H15ClN4OS/c20-16-8-14(2-4-18(16)25-9-12-5-6-26-10-12)24-19-15-7-13(21)1-3-17(15)22-11-23-19/h1-8,10-11H,9,21H2,(H,22,23,24). The summed E-state index contributed by atoms with van der Waals surface area (Å²) < 4.78 is 5.78. The van der Waals surface area contributed by atoms with Crippen molar-refractivity contribution in [2.24, 2.45) is 0 Å². The van der Waals surface area contributed by atoms with Crippen molar-refractivity contribution >= 4 is 51.0 Å². The first-order valence-electron chi connectivity index (χ1n) is 7.90. The Labute approximate surface area is 159 Å². The van der Waals surface area contributed by atoms with Crippen LogP contribution < -0.4 is 15.8 Å². The third kappa shape index (κ3) is 3.56. The van der Waals surface area contributed by atoms with Gasteiger partial charge in [-0.15, -0.1) is 0 Å². The van der Waals surface area contributed by atoms with E-state index in [1.165, 1.54) is 6.33 Å². The Kier molecular flexibility index (Phi) is 4.60. The molecule has 5 nitrogen and oxygen atoms in total. The van der Waals surface area contributed by atoms with Crippen LogP contribution in [0, 0.1) is 0 Å². The largest absolute Gasteiger partial charge is 0.487 e. The molecule has 2 aromatic carbocycles. The minimum Gasteiger partial charge on any atom is -0.487 e. The number of nitrogens with two attached hydrogens (primary N) is 1. The number of halogens is 1. The molecule has 0 amide bonds. The van der Waals surface area contributed by atoms with Crippen LogP contribution in [-0.4, -0.2) is 9.97 Å². The summed E-state index contributed by atoms with van der Waals surface area (Å²) >= 11 is 8.00. The maximum absolute atomic E-state index is 6.36. The molecule has 0 bridgehead atoms. The molecule has 0 aliphatic rings. The molecule has 0 radical (unpaired) electrons. The number of fused-ring (bicyclic) bond motifs is 1. The molecule has 0 aliphatic carbocycles. The molecule has 130 valence electrons. The molecule has 0 spiro atoms. The third-order valence-corrected chi connectivity index (χ3v) is 4.86. The lowest BCUT2D eigenvalue weighted by Crippen LogP contribution is -1.98. The van der Waals surface area contributed by atoms with Crippen LogP contribution in [0.1, 0.15) is 5.56 Å². The predicted molar refractivity (Wildman–Crippen MR) is 107 cm³/mol. The molecule has 4 aromatic rings. The van der Waals surface area contributed by atoms with Crippen LogP contribution in [-0.2, 0) is 6.61 Å². The number of hydrogen-bond donors (Lipinski definition) is 2. The van der Waals surface area contributed by atoms with Crippen molar-refractivity contribution in [2.75, 3.05) is 11.1 Å². The minimum absolute atomic E-state index is 0.492. The van der Waals surface area contributed by atoms with Gasteiger partial charge in [-0.1, -0.05) is 11.6 Å². The Morgan fingerprint density at radius 3 is 2.85 bits per heavy atom. The zero-order chi connectivity index (χ0) is 17.9. The maximum atomic E-state index is 6.36. The Morgan fingerprint density at radius 2 is 2.04 bits per heavy atom. The first-order valence-corrected chi connectivity index (χ1v) is 9.22. The lowest BCUT2D eigenvalue weighted by Gasteiger charge is -2.11. The van der Waals surface area contributed by atoms with E-state index in [0.717, 1.165) is 22.2 Å². The van der Waals surface area contributed by atoms with E-state index in [1.807, 2.05) is 47.8 Å². The lowest BCUT2D eigenvalue weighted by molar-refractivity contribution is 0.307. The number of hydrogen-bond acceptors (Lipinski definition) is 6. The summed E-state index contributed by atoms with van der Waals surface area (Å²) in [6.45, 7) is 0.492. The maximum Gasteiger partial charge on any atom is 0.141 e. The van der Waals surface area contributed by atoms with E-state index in [0.29, 0.717) is 28.9 Å². The number of nitrogens with one attached hydrogen (secondary N) is 1. The first-order chi connectivity index (χ1) is 12.7. The molecular formula is C19H15ClN4OS. The summed E-state index contributed by atoms with van der Waals surface area (Å²) in [5, 5.41) is 8.72. The van der Waals surface area contributed by atoms with E-state index in [4.69, 9.17) is 22.1 Å². The zero-order valence-electron chi connectivity index (χ0n) is 13.6. The van der Waals surface area contributed by atoms with Gasteiger partial charge in [-0.3, -0.25) is 0 Å². The van der Waals surface area contributed by atoms with Crippen molar-refractivity contribution in [3.8, 4) is 5.75 Å². The summed E-state index contributed by atoms with van der Waals surface area (Å²) in [7, 11) is 0. The summed E-state index contributed by atoms with van der Waals surface area (Å²) in [6, 6.07) is 13.1. The smallest absolute Gasteiger partial charge is 0.141 e. The summed E-state index contributed by atoms with van der Waals surface area (Å²) in [6.07, 6.45) is 1.51.